The molecule has 140 valence electrons. The predicted octanol–water partition coefficient (Wildman–Crippen LogP) is 2.65. The topological polar surface area (TPSA) is 76.5 Å². The number of carbonyl (C=O) groups is 2. The SMILES string of the molecule is CC(=O)CNc1nc(C(F)(F)F)n2c1CN(C(=O)OC(C)(C)C)CC2. The highest BCUT2D eigenvalue weighted by Crippen LogP contribution is 2.34. The number of halogens is 3. The summed E-state index contributed by atoms with van der Waals surface area (Å²) in [4.78, 5) is 28.2. The first-order chi connectivity index (χ1) is 11.4. The minimum Gasteiger partial charge on any atom is -0.444 e. The van der Waals surface area contributed by atoms with Crippen LogP contribution in [0.3, 0.4) is 0 Å². The van der Waals surface area contributed by atoms with Crippen molar-refractivity contribution >= 4 is 17.7 Å². The van der Waals surface area contributed by atoms with Crippen LogP contribution in [0.15, 0.2) is 0 Å². The van der Waals surface area contributed by atoms with Crippen molar-refractivity contribution in [3.05, 3.63) is 11.5 Å². The highest BCUT2D eigenvalue weighted by Gasteiger charge is 2.41. The molecule has 1 amide bonds. The maximum atomic E-state index is 13.2. The molecule has 0 saturated carbocycles. The van der Waals surface area contributed by atoms with Gasteiger partial charge in [0.2, 0.25) is 5.82 Å². The van der Waals surface area contributed by atoms with E-state index in [1.54, 1.807) is 20.8 Å². The first-order valence-corrected chi connectivity index (χ1v) is 7.76. The number of aromatic nitrogens is 2. The van der Waals surface area contributed by atoms with Crippen LogP contribution in [-0.4, -0.2) is 45.0 Å². The summed E-state index contributed by atoms with van der Waals surface area (Å²) < 4.78 is 45.8. The maximum Gasteiger partial charge on any atom is 0.449 e. The van der Waals surface area contributed by atoms with E-state index in [1.807, 2.05) is 0 Å². The summed E-state index contributed by atoms with van der Waals surface area (Å²) in [5, 5.41) is 2.61. The van der Waals surface area contributed by atoms with Crippen LogP contribution in [-0.2, 0) is 28.8 Å². The van der Waals surface area contributed by atoms with Gasteiger partial charge >= 0.3 is 12.3 Å². The molecular weight excluding hydrogens is 341 g/mol. The fourth-order valence-electron chi connectivity index (χ4n) is 2.42. The summed E-state index contributed by atoms with van der Waals surface area (Å²) in [5.41, 5.74) is -0.507. The number of rotatable bonds is 3. The molecule has 7 nitrogen and oxygen atoms in total. The van der Waals surface area contributed by atoms with Crippen molar-refractivity contribution in [1.29, 1.82) is 0 Å². The first kappa shape index (κ1) is 19.1. The summed E-state index contributed by atoms with van der Waals surface area (Å²) in [6.07, 6.45) is -5.23. The summed E-state index contributed by atoms with van der Waals surface area (Å²) in [7, 11) is 0. The molecule has 0 radical (unpaired) electrons. The van der Waals surface area contributed by atoms with Crippen molar-refractivity contribution in [2.75, 3.05) is 18.4 Å². The fourth-order valence-corrected chi connectivity index (χ4v) is 2.42. The Labute approximate surface area is 143 Å². The molecule has 0 bridgehead atoms. The van der Waals surface area contributed by atoms with Gasteiger partial charge in [0.05, 0.1) is 18.8 Å². The highest BCUT2D eigenvalue weighted by molar-refractivity contribution is 5.80. The first-order valence-electron chi connectivity index (χ1n) is 7.76. The molecule has 1 N–H and O–H groups in total. The molecule has 0 aliphatic carbocycles. The highest BCUT2D eigenvalue weighted by atomic mass is 19.4. The van der Waals surface area contributed by atoms with Crippen LogP contribution in [0.4, 0.5) is 23.8 Å². The van der Waals surface area contributed by atoms with E-state index in [0.717, 1.165) is 4.57 Å². The number of imidazole rings is 1. The van der Waals surface area contributed by atoms with Gasteiger partial charge in [-0.25, -0.2) is 9.78 Å². The third-order valence-electron chi connectivity index (χ3n) is 3.42. The summed E-state index contributed by atoms with van der Waals surface area (Å²) in [6.45, 7) is 6.23. The lowest BCUT2D eigenvalue weighted by Gasteiger charge is -2.31. The van der Waals surface area contributed by atoms with E-state index in [2.05, 4.69) is 10.3 Å². The van der Waals surface area contributed by atoms with Gasteiger partial charge in [-0.1, -0.05) is 0 Å². The van der Waals surface area contributed by atoms with Crippen LogP contribution in [0.25, 0.3) is 0 Å². The van der Waals surface area contributed by atoms with Gasteiger partial charge in [0.1, 0.15) is 17.2 Å². The Morgan fingerprint density at radius 3 is 2.40 bits per heavy atom. The number of hydrogen-bond acceptors (Lipinski definition) is 5. The molecule has 1 aromatic rings. The fraction of sp³-hybridized carbons (Fsp3) is 0.667. The lowest BCUT2D eigenvalue weighted by molar-refractivity contribution is -0.147. The lowest BCUT2D eigenvalue weighted by Crippen LogP contribution is -2.42. The molecule has 0 atom stereocenters. The Kier molecular flexibility index (Phi) is 5.01. The monoisotopic (exact) mass is 362 g/mol. The Hall–Kier alpha value is -2.26. The van der Waals surface area contributed by atoms with Crippen LogP contribution >= 0.6 is 0 Å². The Morgan fingerprint density at radius 1 is 1.24 bits per heavy atom. The molecule has 0 spiro atoms. The molecule has 10 heteroatoms. The number of nitrogens with one attached hydrogen (secondary N) is 1. The average molecular weight is 362 g/mol. The van der Waals surface area contributed by atoms with Crippen LogP contribution in [0.1, 0.15) is 39.2 Å². The molecule has 0 saturated heterocycles. The zero-order chi connectivity index (χ0) is 19.0. The Morgan fingerprint density at radius 2 is 1.88 bits per heavy atom. The van der Waals surface area contributed by atoms with Gasteiger partial charge in [0.25, 0.3) is 0 Å². The smallest absolute Gasteiger partial charge is 0.444 e. The zero-order valence-electron chi connectivity index (χ0n) is 14.5. The minimum atomic E-state index is -4.63. The van der Waals surface area contributed by atoms with E-state index in [1.165, 1.54) is 11.8 Å². The van der Waals surface area contributed by atoms with Crippen molar-refractivity contribution in [2.45, 2.75) is 52.6 Å². The van der Waals surface area contributed by atoms with E-state index in [9.17, 15) is 22.8 Å². The number of amides is 1. The van der Waals surface area contributed by atoms with Crippen LogP contribution in [0.5, 0.6) is 0 Å². The molecule has 1 aromatic heterocycles. The van der Waals surface area contributed by atoms with Gasteiger partial charge in [-0.05, 0) is 27.7 Å². The van der Waals surface area contributed by atoms with Crippen LogP contribution in [0, 0.1) is 0 Å². The summed E-state index contributed by atoms with van der Waals surface area (Å²) in [5.74, 6) is -1.33. The molecule has 2 heterocycles. The average Bonchev–Trinajstić information content (AvgIpc) is 2.81. The maximum absolute atomic E-state index is 13.2. The summed E-state index contributed by atoms with van der Waals surface area (Å²) >= 11 is 0. The van der Waals surface area contributed by atoms with E-state index in [4.69, 9.17) is 4.74 Å². The number of carbonyl (C=O) groups excluding carboxylic acids is 2. The van der Waals surface area contributed by atoms with E-state index in [-0.39, 0.29) is 43.5 Å². The predicted molar refractivity (Wildman–Crippen MR) is 83.0 cm³/mol. The number of anilines is 1. The van der Waals surface area contributed by atoms with Gasteiger partial charge in [-0.3, -0.25) is 4.79 Å². The number of hydrogen-bond donors (Lipinski definition) is 1. The molecule has 0 aromatic carbocycles. The second-order valence-electron chi connectivity index (χ2n) is 6.84. The summed E-state index contributed by atoms with van der Waals surface area (Å²) in [6, 6.07) is 0. The van der Waals surface area contributed by atoms with Gasteiger partial charge in [0.15, 0.2) is 0 Å². The Bertz CT molecular complexity index is 677. The molecule has 2 rings (SSSR count). The third-order valence-corrected chi connectivity index (χ3v) is 3.42. The molecule has 0 fully saturated rings. The van der Waals surface area contributed by atoms with Crippen LogP contribution < -0.4 is 5.32 Å². The molecule has 1 aliphatic rings. The van der Waals surface area contributed by atoms with E-state index >= 15 is 0 Å². The lowest BCUT2D eigenvalue weighted by atomic mass is 10.2. The third kappa shape index (κ3) is 4.64. The van der Waals surface area contributed by atoms with E-state index < -0.39 is 23.7 Å². The molecule has 25 heavy (non-hydrogen) atoms. The second-order valence-corrected chi connectivity index (χ2v) is 6.84. The molecule has 1 aliphatic heterocycles. The number of ketones is 1. The van der Waals surface area contributed by atoms with Crippen LogP contribution in [0.2, 0.25) is 0 Å². The Balaban J connectivity index is 2.30. The van der Waals surface area contributed by atoms with E-state index in [0.29, 0.717) is 0 Å². The second kappa shape index (κ2) is 6.57. The number of fused-ring (bicyclic) bond motifs is 1. The zero-order valence-corrected chi connectivity index (χ0v) is 14.5. The standard InChI is InChI=1S/C15H21F3N4O3/c1-9(23)7-19-11-10-8-21(13(24)25-14(2,3)4)5-6-22(10)12(20-11)15(16,17)18/h19H,5-8H2,1-4H3. The number of Topliss-reactive ketones (excluding diaryl/α,β-unsaturated/α-hetero) is 1. The minimum absolute atomic E-state index is 0.0456. The van der Waals surface area contributed by atoms with Crippen molar-refractivity contribution in [1.82, 2.24) is 14.5 Å². The molecular formula is C15H21F3N4O3. The number of alkyl halides is 3. The van der Waals surface area contributed by atoms with Crippen molar-refractivity contribution in [2.24, 2.45) is 0 Å². The largest absolute Gasteiger partial charge is 0.449 e. The van der Waals surface area contributed by atoms with Crippen molar-refractivity contribution in [3.8, 4) is 0 Å². The van der Waals surface area contributed by atoms with Gasteiger partial charge < -0.3 is 19.5 Å². The number of ether oxygens (including phenoxy) is 1. The van der Waals surface area contributed by atoms with Gasteiger partial charge in [-0.15, -0.1) is 0 Å². The molecule has 0 unspecified atom stereocenters. The van der Waals surface area contributed by atoms with Gasteiger partial charge in [0, 0.05) is 13.1 Å². The van der Waals surface area contributed by atoms with Crippen molar-refractivity contribution < 1.29 is 27.5 Å². The normalized spacial score (nSPS) is 14.9. The quantitative estimate of drug-likeness (QED) is 0.895. The van der Waals surface area contributed by atoms with Gasteiger partial charge in [-0.2, -0.15) is 13.2 Å². The van der Waals surface area contributed by atoms with Crippen molar-refractivity contribution in [3.63, 3.8) is 0 Å². The number of nitrogens with zero attached hydrogens (tertiary/aromatic N) is 3.